The maximum Gasteiger partial charge on any atom is 0.248 e. The second-order valence-corrected chi connectivity index (χ2v) is 3.66. The molecule has 0 saturated carbocycles. The molecule has 0 radical (unpaired) electrons. The van der Waals surface area contributed by atoms with Crippen LogP contribution in [0.2, 0.25) is 0 Å². The Morgan fingerprint density at radius 3 is 2.43 bits per heavy atom. The maximum atomic E-state index is 11.1. The number of hydrogen-bond donors (Lipinski definition) is 2. The molecule has 1 heterocycles. The van der Waals surface area contributed by atoms with Crippen molar-refractivity contribution in [2.45, 2.75) is 13.0 Å². The van der Waals surface area contributed by atoms with Gasteiger partial charge in [0.05, 0.1) is 0 Å². The Morgan fingerprint density at radius 2 is 2.00 bits per heavy atom. The van der Waals surface area contributed by atoms with Gasteiger partial charge in [-0.3, -0.25) is 9.69 Å². The summed E-state index contributed by atoms with van der Waals surface area (Å²) in [6, 6.07) is 0.376. The highest BCUT2D eigenvalue weighted by molar-refractivity contribution is 5.77. The zero-order valence-electron chi connectivity index (χ0n) is 8.65. The molecule has 1 fully saturated rings. The molecule has 0 aromatic heterocycles. The molecule has 0 spiro atoms. The first kappa shape index (κ1) is 11.4. The molecule has 1 rings (SSSR count). The zero-order chi connectivity index (χ0) is 10.6. The van der Waals surface area contributed by atoms with Crippen molar-refractivity contribution in [1.82, 2.24) is 9.80 Å². The van der Waals surface area contributed by atoms with E-state index in [0.29, 0.717) is 25.7 Å². The van der Waals surface area contributed by atoms with E-state index in [1.807, 2.05) is 0 Å². The highest BCUT2D eigenvalue weighted by atomic mass is 16.3. The van der Waals surface area contributed by atoms with E-state index in [2.05, 4.69) is 11.8 Å². The number of hydrogen-bond acceptors (Lipinski definition) is 4. The predicted octanol–water partition coefficient (Wildman–Crippen LogP) is -1.53. The van der Waals surface area contributed by atoms with Gasteiger partial charge in [-0.1, -0.05) is 0 Å². The van der Waals surface area contributed by atoms with Crippen molar-refractivity contribution >= 4 is 5.91 Å². The largest absolute Gasteiger partial charge is 0.387 e. The quantitative estimate of drug-likeness (QED) is 0.581. The van der Waals surface area contributed by atoms with Crippen LogP contribution in [0, 0.1) is 0 Å². The summed E-state index contributed by atoms with van der Waals surface area (Å²) < 4.78 is 0. The van der Waals surface area contributed by atoms with Crippen LogP contribution in [-0.2, 0) is 4.79 Å². The van der Waals surface area contributed by atoms with Crippen LogP contribution in [0.4, 0.5) is 0 Å². The van der Waals surface area contributed by atoms with Gasteiger partial charge in [-0.2, -0.15) is 0 Å². The number of nitrogens with zero attached hydrogens (tertiary/aromatic N) is 2. The van der Waals surface area contributed by atoms with Crippen molar-refractivity contribution in [3.05, 3.63) is 0 Å². The van der Waals surface area contributed by atoms with Gasteiger partial charge in [0.25, 0.3) is 0 Å². The molecular weight excluding hydrogens is 182 g/mol. The number of amides is 1. The van der Waals surface area contributed by atoms with Gasteiger partial charge >= 0.3 is 0 Å². The minimum Gasteiger partial charge on any atom is -0.387 e. The minimum atomic E-state index is -0.382. The molecule has 5 nitrogen and oxygen atoms in total. The van der Waals surface area contributed by atoms with E-state index in [0.717, 1.165) is 13.1 Å². The lowest BCUT2D eigenvalue weighted by Crippen LogP contribution is -2.53. The first-order valence-electron chi connectivity index (χ1n) is 5.01. The van der Waals surface area contributed by atoms with E-state index in [9.17, 15) is 4.79 Å². The number of aliphatic hydroxyl groups is 1. The maximum absolute atomic E-state index is 11.1. The first-order chi connectivity index (χ1) is 6.69. The molecule has 1 amide bonds. The lowest BCUT2D eigenvalue weighted by atomic mass is 10.2. The summed E-state index contributed by atoms with van der Waals surface area (Å²) in [6.45, 7) is 5.45. The van der Waals surface area contributed by atoms with Crippen molar-refractivity contribution in [3.63, 3.8) is 0 Å². The Hall–Kier alpha value is -0.650. The van der Waals surface area contributed by atoms with Crippen molar-refractivity contribution in [2.24, 2.45) is 5.73 Å². The van der Waals surface area contributed by atoms with Crippen LogP contribution >= 0.6 is 0 Å². The van der Waals surface area contributed by atoms with Gasteiger partial charge in [-0.25, -0.2) is 0 Å². The molecule has 82 valence electrons. The second kappa shape index (κ2) is 5.29. The van der Waals surface area contributed by atoms with Gasteiger partial charge in [0.15, 0.2) is 0 Å². The highest BCUT2D eigenvalue weighted by Crippen LogP contribution is 2.05. The predicted molar refractivity (Wildman–Crippen MR) is 53.8 cm³/mol. The molecule has 0 bridgehead atoms. The van der Waals surface area contributed by atoms with Gasteiger partial charge in [0.2, 0.25) is 5.91 Å². The summed E-state index contributed by atoms with van der Waals surface area (Å²) in [7, 11) is 0. The normalized spacial score (nSPS) is 20.9. The average molecular weight is 201 g/mol. The average Bonchev–Trinajstić information content (AvgIpc) is 2.27. The number of piperazine rings is 1. The Kier molecular flexibility index (Phi) is 4.31. The third kappa shape index (κ3) is 2.67. The third-order valence-electron chi connectivity index (χ3n) is 2.77. The van der Waals surface area contributed by atoms with E-state index in [-0.39, 0.29) is 12.5 Å². The molecule has 14 heavy (non-hydrogen) atoms. The topological polar surface area (TPSA) is 69.8 Å². The van der Waals surface area contributed by atoms with E-state index >= 15 is 0 Å². The Balaban J connectivity index is 2.34. The lowest BCUT2D eigenvalue weighted by Gasteiger charge is -2.37. The molecule has 5 heteroatoms. The smallest absolute Gasteiger partial charge is 0.248 e. The molecule has 1 aliphatic rings. The molecule has 0 aromatic rings. The molecule has 1 unspecified atom stereocenters. The number of carbonyl (C=O) groups excluding carboxylic acids is 1. The summed E-state index contributed by atoms with van der Waals surface area (Å²) in [5, 5.41) is 8.68. The van der Waals surface area contributed by atoms with Crippen LogP contribution < -0.4 is 5.73 Å². The molecule has 1 aliphatic heterocycles. The van der Waals surface area contributed by atoms with E-state index < -0.39 is 0 Å². The Bertz CT molecular complexity index is 190. The molecule has 1 atom stereocenters. The highest BCUT2D eigenvalue weighted by Gasteiger charge is 2.22. The summed E-state index contributed by atoms with van der Waals surface area (Å²) in [4.78, 5) is 15.1. The molecule has 1 saturated heterocycles. The van der Waals surface area contributed by atoms with Gasteiger partial charge in [0, 0.05) is 38.8 Å². The molecule has 0 aliphatic carbocycles. The Morgan fingerprint density at radius 1 is 1.43 bits per heavy atom. The minimum absolute atomic E-state index is 0.176. The summed E-state index contributed by atoms with van der Waals surface area (Å²) in [6.07, 6.45) is 0. The fourth-order valence-corrected chi connectivity index (χ4v) is 1.66. The SMILES string of the molecule is CC(CN)N1CCN(C(=O)CO)CC1. The van der Waals surface area contributed by atoms with Crippen LogP contribution in [0.1, 0.15) is 6.92 Å². The fourth-order valence-electron chi connectivity index (χ4n) is 1.66. The third-order valence-corrected chi connectivity index (χ3v) is 2.77. The summed E-state index contributed by atoms with van der Waals surface area (Å²) in [5.74, 6) is -0.176. The van der Waals surface area contributed by atoms with Crippen LogP contribution in [0.3, 0.4) is 0 Å². The van der Waals surface area contributed by atoms with Crippen molar-refractivity contribution in [2.75, 3.05) is 39.3 Å². The van der Waals surface area contributed by atoms with E-state index in [1.54, 1.807) is 4.90 Å². The van der Waals surface area contributed by atoms with E-state index in [1.165, 1.54) is 0 Å². The zero-order valence-corrected chi connectivity index (χ0v) is 8.65. The first-order valence-corrected chi connectivity index (χ1v) is 5.01. The van der Waals surface area contributed by atoms with Crippen molar-refractivity contribution < 1.29 is 9.90 Å². The molecular formula is C9H19N3O2. The second-order valence-electron chi connectivity index (χ2n) is 3.66. The fraction of sp³-hybridized carbons (Fsp3) is 0.889. The van der Waals surface area contributed by atoms with Crippen molar-refractivity contribution in [3.8, 4) is 0 Å². The number of rotatable bonds is 3. The lowest BCUT2D eigenvalue weighted by molar-refractivity contribution is -0.136. The van der Waals surface area contributed by atoms with Gasteiger partial charge in [-0.05, 0) is 6.92 Å². The van der Waals surface area contributed by atoms with Crippen LogP contribution in [0.15, 0.2) is 0 Å². The molecule has 0 aromatic carbocycles. The summed E-state index contributed by atoms with van der Waals surface area (Å²) >= 11 is 0. The standard InChI is InChI=1S/C9H19N3O2/c1-8(6-10)11-2-4-12(5-3-11)9(14)7-13/h8,13H,2-7,10H2,1H3. The Labute approximate surface area is 84.5 Å². The van der Waals surface area contributed by atoms with Gasteiger partial charge < -0.3 is 15.7 Å². The number of nitrogens with two attached hydrogens (primary N) is 1. The van der Waals surface area contributed by atoms with Gasteiger partial charge in [0.1, 0.15) is 6.61 Å². The van der Waals surface area contributed by atoms with Crippen LogP contribution in [-0.4, -0.2) is 66.2 Å². The molecule has 3 N–H and O–H groups in total. The van der Waals surface area contributed by atoms with Gasteiger partial charge in [-0.15, -0.1) is 0 Å². The van der Waals surface area contributed by atoms with E-state index in [4.69, 9.17) is 10.8 Å². The monoisotopic (exact) mass is 201 g/mol. The summed E-state index contributed by atoms with van der Waals surface area (Å²) in [5.41, 5.74) is 5.56. The van der Waals surface area contributed by atoms with Crippen molar-refractivity contribution in [1.29, 1.82) is 0 Å². The van der Waals surface area contributed by atoms with Crippen LogP contribution in [0.5, 0.6) is 0 Å². The van der Waals surface area contributed by atoms with Crippen LogP contribution in [0.25, 0.3) is 0 Å². The number of aliphatic hydroxyl groups excluding tert-OH is 1. The number of carbonyl (C=O) groups is 1.